The summed E-state index contributed by atoms with van der Waals surface area (Å²) in [5.41, 5.74) is -0.527. The molecule has 1 amide bonds. The fourth-order valence-corrected chi connectivity index (χ4v) is 0.984. The molecule has 7 heteroatoms. The van der Waals surface area contributed by atoms with Gasteiger partial charge in [-0.2, -0.15) is 0 Å². The van der Waals surface area contributed by atoms with Gasteiger partial charge in [-0.15, -0.1) is 5.10 Å². The van der Waals surface area contributed by atoms with Crippen LogP contribution in [-0.2, 0) is 4.79 Å². The molecule has 0 saturated heterocycles. The molecule has 0 unspecified atom stereocenters. The summed E-state index contributed by atoms with van der Waals surface area (Å²) < 4.78 is 10.1. The molecule has 0 bridgehead atoms. The van der Waals surface area contributed by atoms with E-state index in [1.54, 1.807) is 26.8 Å². The summed E-state index contributed by atoms with van der Waals surface area (Å²) in [6.07, 6.45) is 1.47. The average Bonchev–Trinajstić information content (AvgIpc) is 2.83. The Balaban J connectivity index is 2.12. The molecular weight excluding hydrogens is 224 g/mol. The second kappa shape index (κ2) is 4.00. The second-order valence-electron chi connectivity index (χ2n) is 4.49. The van der Waals surface area contributed by atoms with Crippen LogP contribution in [0.25, 0.3) is 11.7 Å². The predicted octanol–water partition coefficient (Wildman–Crippen LogP) is 1.71. The number of nitrogens with zero attached hydrogens (tertiary/aromatic N) is 3. The van der Waals surface area contributed by atoms with Crippen molar-refractivity contribution in [3.05, 3.63) is 12.3 Å². The quantitative estimate of drug-likeness (QED) is 0.852. The molecule has 1 N–H and O–H groups in total. The number of amides is 1. The third-order valence-electron chi connectivity index (χ3n) is 1.98. The maximum absolute atomic E-state index is 11.7. The zero-order valence-electron chi connectivity index (χ0n) is 9.72. The molecule has 90 valence electrons. The van der Waals surface area contributed by atoms with E-state index < -0.39 is 5.41 Å². The molecular formula is C10H12N4O3. The van der Waals surface area contributed by atoms with Crippen molar-refractivity contribution >= 4 is 11.9 Å². The van der Waals surface area contributed by atoms with Gasteiger partial charge < -0.3 is 8.94 Å². The standard InChI is InChI=1S/C10H12N4O3/c1-10(2,3)8(15)12-9-14-13-7(16-9)6-4-5-11-17-6/h4-5H,1-3H3,(H,12,14,15). The average molecular weight is 236 g/mol. The molecule has 0 aliphatic carbocycles. The van der Waals surface area contributed by atoms with Gasteiger partial charge in [-0.05, 0) is 0 Å². The van der Waals surface area contributed by atoms with Crippen LogP contribution in [0.15, 0.2) is 21.2 Å². The van der Waals surface area contributed by atoms with E-state index in [9.17, 15) is 4.79 Å². The van der Waals surface area contributed by atoms with Crippen molar-refractivity contribution in [1.29, 1.82) is 0 Å². The lowest BCUT2D eigenvalue weighted by molar-refractivity contribution is -0.123. The predicted molar refractivity (Wildman–Crippen MR) is 57.9 cm³/mol. The second-order valence-corrected chi connectivity index (χ2v) is 4.49. The molecule has 17 heavy (non-hydrogen) atoms. The molecule has 0 saturated carbocycles. The highest BCUT2D eigenvalue weighted by atomic mass is 16.5. The lowest BCUT2D eigenvalue weighted by atomic mass is 9.96. The van der Waals surface area contributed by atoms with Crippen molar-refractivity contribution in [2.75, 3.05) is 5.32 Å². The maximum atomic E-state index is 11.7. The molecule has 0 atom stereocenters. The summed E-state index contributed by atoms with van der Waals surface area (Å²) in [5, 5.41) is 13.5. The molecule has 0 radical (unpaired) electrons. The van der Waals surface area contributed by atoms with Crippen molar-refractivity contribution in [1.82, 2.24) is 15.4 Å². The highest BCUT2D eigenvalue weighted by molar-refractivity contribution is 5.92. The number of anilines is 1. The largest absolute Gasteiger partial charge is 0.400 e. The summed E-state index contributed by atoms with van der Waals surface area (Å²) in [7, 11) is 0. The Morgan fingerprint density at radius 2 is 2.12 bits per heavy atom. The van der Waals surface area contributed by atoms with Gasteiger partial charge in [0.2, 0.25) is 11.7 Å². The molecule has 2 aromatic heterocycles. The number of hydrogen-bond acceptors (Lipinski definition) is 6. The SMILES string of the molecule is CC(C)(C)C(=O)Nc1nnc(-c2ccno2)o1. The first kappa shape index (κ1) is 11.3. The third-order valence-corrected chi connectivity index (χ3v) is 1.98. The van der Waals surface area contributed by atoms with Gasteiger partial charge in [0.05, 0.1) is 6.20 Å². The lowest BCUT2D eigenvalue weighted by Crippen LogP contribution is -2.27. The first-order valence-electron chi connectivity index (χ1n) is 5.03. The number of carbonyl (C=O) groups is 1. The Labute approximate surface area is 97.2 Å². The first-order valence-corrected chi connectivity index (χ1v) is 5.03. The maximum Gasteiger partial charge on any atom is 0.322 e. The molecule has 0 aromatic carbocycles. The van der Waals surface area contributed by atoms with Crippen LogP contribution in [0.5, 0.6) is 0 Å². The summed E-state index contributed by atoms with van der Waals surface area (Å²) in [6, 6.07) is 1.62. The zero-order valence-corrected chi connectivity index (χ0v) is 9.72. The van der Waals surface area contributed by atoms with Gasteiger partial charge in [0.1, 0.15) is 0 Å². The van der Waals surface area contributed by atoms with Crippen LogP contribution < -0.4 is 5.32 Å². The van der Waals surface area contributed by atoms with E-state index in [2.05, 4.69) is 20.7 Å². The highest BCUT2D eigenvalue weighted by Crippen LogP contribution is 2.21. The molecule has 0 fully saturated rings. The van der Waals surface area contributed by atoms with Crippen LogP contribution in [0.3, 0.4) is 0 Å². The van der Waals surface area contributed by atoms with Gasteiger partial charge in [-0.3, -0.25) is 10.1 Å². The highest BCUT2D eigenvalue weighted by Gasteiger charge is 2.23. The Hall–Kier alpha value is -2.18. The van der Waals surface area contributed by atoms with Crippen molar-refractivity contribution in [2.24, 2.45) is 5.41 Å². The number of carbonyl (C=O) groups excluding carboxylic acids is 1. The number of aromatic nitrogens is 3. The van der Waals surface area contributed by atoms with Gasteiger partial charge in [0.25, 0.3) is 5.89 Å². The topological polar surface area (TPSA) is 94.1 Å². The summed E-state index contributed by atoms with van der Waals surface area (Å²) in [5.74, 6) is 0.325. The smallest absolute Gasteiger partial charge is 0.322 e. The van der Waals surface area contributed by atoms with E-state index in [0.717, 1.165) is 0 Å². The van der Waals surface area contributed by atoms with E-state index >= 15 is 0 Å². The molecule has 0 aliphatic heterocycles. The van der Waals surface area contributed by atoms with Crippen molar-refractivity contribution in [3.8, 4) is 11.7 Å². The van der Waals surface area contributed by atoms with Crippen molar-refractivity contribution in [2.45, 2.75) is 20.8 Å². The Morgan fingerprint density at radius 3 is 2.71 bits per heavy atom. The number of rotatable bonds is 2. The van der Waals surface area contributed by atoms with Gasteiger partial charge in [0, 0.05) is 11.5 Å². The van der Waals surface area contributed by atoms with E-state index in [1.165, 1.54) is 6.20 Å². The van der Waals surface area contributed by atoms with Gasteiger partial charge in [0.15, 0.2) is 0 Å². The summed E-state index contributed by atoms with van der Waals surface area (Å²) in [6.45, 7) is 5.36. The minimum Gasteiger partial charge on any atom is -0.400 e. The fourth-order valence-electron chi connectivity index (χ4n) is 0.984. The van der Waals surface area contributed by atoms with Crippen LogP contribution in [0.4, 0.5) is 6.01 Å². The van der Waals surface area contributed by atoms with Crippen molar-refractivity contribution < 1.29 is 13.7 Å². The summed E-state index contributed by atoms with van der Waals surface area (Å²) in [4.78, 5) is 11.7. The Bertz CT molecular complexity index is 510. The van der Waals surface area contributed by atoms with E-state index in [-0.39, 0.29) is 17.8 Å². The number of nitrogens with one attached hydrogen (secondary N) is 1. The van der Waals surface area contributed by atoms with Gasteiger partial charge in [-0.25, -0.2) is 0 Å². The molecule has 7 nitrogen and oxygen atoms in total. The Kier molecular flexibility index (Phi) is 2.66. The van der Waals surface area contributed by atoms with Crippen LogP contribution in [0.1, 0.15) is 20.8 Å². The Morgan fingerprint density at radius 1 is 1.35 bits per heavy atom. The zero-order chi connectivity index (χ0) is 12.5. The van der Waals surface area contributed by atoms with Crippen LogP contribution in [-0.4, -0.2) is 21.3 Å². The van der Waals surface area contributed by atoms with Crippen molar-refractivity contribution in [3.63, 3.8) is 0 Å². The lowest BCUT2D eigenvalue weighted by Gasteiger charge is -2.15. The van der Waals surface area contributed by atoms with Gasteiger partial charge >= 0.3 is 6.01 Å². The first-order chi connectivity index (χ1) is 7.97. The van der Waals surface area contributed by atoms with Crippen LogP contribution in [0.2, 0.25) is 0 Å². The van der Waals surface area contributed by atoms with Crippen LogP contribution >= 0.6 is 0 Å². The minimum atomic E-state index is -0.527. The molecule has 0 aliphatic rings. The number of hydrogen-bond donors (Lipinski definition) is 1. The van der Waals surface area contributed by atoms with Crippen LogP contribution in [0, 0.1) is 5.41 Å². The van der Waals surface area contributed by atoms with E-state index in [4.69, 9.17) is 8.94 Å². The monoisotopic (exact) mass is 236 g/mol. The molecule has 2 rings (SSSR count). The molecule has 2 aromatic rings. The molecule has 2 heterocycles. The van der Waals surface area contributed by atoms with E-state index in [0.29, 0.717) is 5.76 Å². The van der Waals surface area contributed by atoms with E-state index in [1.807, 2.05) is 0 Å². The summed E-state index contributed by atoms with van der Waals surface area (Å²) >= 11 is 0. The third kappa shape index (κ3) is 2.49. The van der Waals surface area contributed by atoms with Gasteiger partial charge in [-0.1, -0.05) is 31.0 Å². The normalized spacial score (nSPS) is 11.5. The fraction of sp³-hybridized carbons (Fsp3) is 0.400. The molecule has 0 spiro atoms. The minimum absolute atomic E-state index is 0.0383.